The van der Waals surface area contributed by atoms with E-state index in [-0.39, 0.29) is 0 Å². The van der Waals surface area contributed by atoms with E-state index in [9.17, 15) is 0 Å². The van der Waals surface area contributed by atoms with Crippen molar-refractivity contribution < 1.29 is 9.47 Å². The van der Waals surface area contributed by atoms with E-state index >= 15 is 0 Å². The first-order valence-corrected chi connectivity index (χ1v) is 9.13. The van der Waals surface area contributed by atoms with Gasteiger partial charge in [0.25, 0.3) is 0 Å². The van der Waals surface area contributed by atoms with Gasteiger partial charge in [-0.25, -0.2) is 9.97 Å². The summed E-state index contributed by atoms with van der Waals surface area (Å²) in [6, 6.07) is 0. The molecule has 0 aromatic carbocycles. The van der Waals surface area contributed by atoms with Gasteiger partial charge in [-0.05, 0) is 37.5 Å². The van der Waals surface area contributed by atoms with Gasteiger partial charge in [0.1, 0.15) is 0 Å². The van der Waals surface area contributed by atoms with Crippen LogP contribution in [0, 0.1) is 11.8 Å². The van der Waals surface area contributed by atoms with Crippen LogP contribution in [0.2, 0.25) is 0 Å². The second kappa shape index (κ2) is 8.62. The number of anilines is 2. The lowest BCUT2D eigenvalue weighted by Gasteiger charge is -2.32. The van der Waals surface area contributed by atoms with Gasteiger partial charge in [-0.1, -0.05) is 0 Å². The summed E-state index contributed by atoms with van der Waals surface area (Å²) < 4.78 is 10.9. The Bertz CT molecular complexity index is 457. The zero-order chi connectivity index (χ0) is 16.8. The number of nitrogens with zero attached hydrogens (tertiary/aromatic N) is 4. The molecule has 2 aliphatic rings. The first-order chi connectivity index (χ1) is 11.7. The maximum Gasteiger partial charge on any atom is 0.171 e. The lowest BCUT2D eigenvalue weighted by molar-refractivity contribution is 0.0681. The van der Waals surface area contributed by atoms with Crippen molar-refractivity contribution in [3.05, 3.63) is 12.4 Å². The van der Waals surface area contributed by atoms with E-state index in [0.29, 0.717) is 11.8 Å². The molecule has 0 unspecified atom stereocenters. The van der Waals surface area contributed by atoms with Crippen molar-refractivity contribution >= 4 is 11.6 Å². The molecule has 0 aliphatic carbocycles. The summed E-state index contributed by atoms with van der Waals surface area (Å²) in [6.07, 6.45) is 8.13. The maximum atomic E-state index is 5.47. The van der Waals surface area contributed by atoms with Gasteiger partial charge in [0, 0.05) is 66.0 Å². The van der Waals surface area contributed by atoms with Crippen molar-refractivity contribution in [3.8, 4) is 0 Å². The van der Waals surface area contributed by atoms with Crippen LogP contribution in [0.5, 0.6) is 0 Å². The largest absolute Gasteiger partial charge is 0.381 e. The summed E-state index contributed by atoms with van der Waals surface area (Å²) in [7, 11) is 4.26. The number of aromatic nitrogens is 2. The van der Waals surface area contributed by atoms with Crippen LogP contribution < -0.4 is 9.80 Å². The minimum Gasteiger partial charge on any atom is -0.381 e. The van der Waals surface area contributed by atoms with E-state index < -0.39 is 0 Å². The van der Waals surface area contributed by atoms with E-state index in [1.807, 2.05) is 0 Å². The fourth-order valence-electron chi connectivity index (χ4n) is 3.67. The molecule has 6 heteroatoms. The van der Waals surface area contributed by atoms with E-state index in [4.69, 9.17) is 9.47 Å². The monoisotopic (exact) mass is 334 g/mol. The second-order valence-corrected chi connectivity index (χ2v) is 7.08. The number of ether oxygens (including phenoxy) is 2. The molecule has 1 aromatic heterocycles. The Balaban J connectivity index is 1.64. The minimum atomic E-state index is 0.680. The molecule has 0 N–H and O–H groups in total. The van der Waals surface area contributed by atoms with Crippen LogP contribution in [0.4, 0.5) is 11.6 Å². The van der Waals surface area contributed by atoms with Crippen LogP contribution in [0.25, 0.3) is 0 Å². The molecule has 0 saturated carbocycles. The Morgan fingerprint density at radius 1 is 0.792 bits per heavy atom. The molecule has 0 radical (unpaired) electrons. The Morgan fingerprint density at radius 2 is 1.17 bits per heavy atom. The molecule has 0 bridgehead atoms. The van der Waals surface area contributed by atoms with Gasteiger partial charge in [-0.2, -0.15) is 0 Å². The number of hydrogen-bond acceptors (Lipinski definition) is 6. The molecule has 0 atom stereocenters. The standard InChI is InChI=1S/C18H30N4O2/c1-21(13-15-3-9-23-10-4-15)17-18(20-8-7-19-17)22(2)14-16-5-11-24-12-6-16/h7-8,15-16H,3-6,9-14H2,1-2H3. The average molecular weight is 334 g/mol. The summed E-state index contributed by atoms with van der Waals surface area (Å²) >= 11 is 0. The molecule has 3 heterocycles. The van der Waals surface area contributed by atoms with E-state index in [0.717, 1.165) is 76.8 Å². The van der Waals surface area contributed by atoms with Gasteiger partial charge in [0.2, 0.25) is 0 Å². The summed E-state index contributed by atoms with van der Waals surface area (Å²) in [4.78, 5) is 13.8. The molecule has 134 valence electrons. The van der Waals surface area contributed by atoms with Gasteiger partial charge in [-0.3, -0.25) is 0 Å². The van der Waals surface area contributed by atoms with Crippen molar-refractivity contribution in [2.45, 2.75) is 25.7 Å². The van der Waals surface area contributed by atoms with Gasteiger partial charge < -0.3 is 19.3 Å². The molecule has 2 aliphatic heterocycles. The molecule has 24 heavy (non-hydrogen) atoms. The predicted octanol–water partition coefficient (Wildman–Crippen LogP) is 2.20. The predicted molar refractivity (Wildman–Crippen MR) is 95.7 cm³/mol. The molecule has 3 rings (SSSR count). The van der Waals surface area contributed by atoms with Gasteiger partial charge in [-0.15, -0.1) is 0 Å². The number of rotatable bonds is 6. The molecule has 0 spiro atoms. The van der Waals surface area contributed by atoms with E-state index in [2.05, 4.69) is 33.9 Å². The van der Waals surface area contributed by atoms with E-state index in [1.54, 1.807) is 12.4 Å². The average Bonchev–Trinajstić information content (AvgIpc) is 2.63. The zero-order valence-electron chi connectivity index (χ0n) is 15.0. The highest BCUT2D eigenvalue weighted by molar-refractivity contribution is 5.61. The van der Waals surface area contributed by atoms with Gasteiger partial charge in [0.05, 0.1) is 0 Å². The molecular formula is C18H30N4O2. The molecule has 1 aromatic rings. The normalized spacial score (nSPS) is 20.1. The lowest BCUT2D eigenvalue weighted by Crippen LogP contribution is -2.34. The Kier molecular flexibility index (Phi) is 6.26. The zero-order valence-corrected chi connectivity index (χ0v) is 15.0. The summed E-state index contributed by atoms with van der Waals surface area (Å²) in [5, 5.41) is 0. The first-order valence-electron chi connectivity index (χ1n) is 9.13. The molecule has 0 amide bonds. The van der Waals surface area contributed by atoms with Crippen molar-refractivity contribution in [1.29, 1.82) is 0 Å². The molecule has 6 nitrogen and oxygen atoms in total. The highest BCUT2D eigenvalue weighted by atomic mass is 16.5. The molecule has 2 fully saturated rings. The van der Waals surface area contributed by atoms with Crippen LogP contribution in [-0.4, -0.2) is 63.6 Å². The summed E-state index contributed by atoms with van der Waals surface area (Å²) in [5.41, 5.74) is 0. The van der Waals surface area contributed by atoms with E-state index in [1.165, 1.54) is 0 Å². The third-order valence-electron chi connectivity index (χ3n) is 5.13. The SMILES string of the molecule is CN(CC1CCOCC1)c1nccnc1N(C)CC1CCOCC1. The smallest absolute Gasteiger partial charge is 0.171 e. The summed E-state index contributed by atoms with van der Waals surface area (Å²) in [5.74, 6) is 3.33. The third-order valence-corrected chi connectivity index (χ3v) is 5.13. The second-order valence-electron chi connectivity index (χ2n) is 7.08. The lowest BCUT2D eigenvalue weighted by atomic mass is 9.99. The third kappa shape index (κ3) is 4.57. The fourth-order valence-corrected chi connectivity index (χ4v) is 3.67. The number of hydrogen-bond donors (Lipinski definition) is 0. The Labute approximate surface area is 145 Å². The van der Waals surface area contributed by atoms with Crippen LogP contribution >= 0.6 is 0 Å². The quantitative estimate of drug-likeness (QED) is 0.795. The molecular weight excluding hydrogens is 304 g/mol. The molecule has 2 saturated heterocycles. The van der Waals surface area contributed by atoms with Gasteiger partial charge in [0.15, 0.2) is 11.6 Å². The van der Waals surface area contributed by atoms with Crippen molar-refractivity contribution in [1.82, 2.24) is 9.97 Å². The topological polar surface area (TPSA) is 50.7 Å². The highest BCUT2D eigenvalue weighted by Crippen LogP contribution is 2.27. The van der Waals surface area contributed by atoms with Crippen molar-refractivity contribution in [3.63, 3.8) is 0 Å². The van der Waals surface area contributed by atoms with Crippen molar-refractivity contribution in [2.24, 2.45) is 11.8 Å². The van der Waals surface area contributed by atoms with Gasteiger partial charge >= 0.3 is 0 Å². The minimum absolute atomic E-state index is 0.680. The van der Waals surface area contributed by atoms with Crippen molar-refractivity contribution in [2.75, 3.05) is 63.4 Å². The first kappa shape index (κ1) is 17.4. The van der Waals surface area contributed by atoms with Crippen LogP contribution in [0.15, 0.2) is 12.4 Å². The Morgan fingerprint density at radius 3 is 1.54 bits per heavy atom. The van der Waals surface area contributed by atoms with Crippen LogP contribution in [0.3, 0.4) is 0 Å². The van der Waals surface area contributed by atoms with Crippen LogP contribution in [0.1, 0.15) is 25.7 Å². The maximum absolute atomic E-state index is 5.47. The Hall–Kier alpha value is -1.40. The van der Waals surface area contributed by atoms with Crippen LogP contribution in [-0.2, 0) is 9.47 Å². The fraction of sp³-hybridized carbons (Fsp3) is 0.778. The highest BCUT2D eigenvalue weighted by Gasteiger charge is 2.22. The summed E-state index contributed by atoms with van der Waals surface area (Å²) in [6.45, 7) is 5.57.